The van der Waals surface area contributed by atoms with Gasteiger partial charge in [0.2, 0.25) is 0 Å². The molecule has 0 spiro atoms. The van der Waals surface area contributed by atoms with Crippen molar-refractivity contribution in [3.8, 4) is 0 Å². The predicted molar refractivity (Wildman–Crippen MR) is 65.3 cm³/mol. The van der Waals surface area contributed by atoms with Gasteiger partial charge in [-0.25, -0.2) is 0 Å². The Morgan fingerprint density at radius 2 is 2.00 bits per heavy atom. The lowest BCUT2D eigenvalue weighted by Crippen LogP contribution is -2.51. The Labute approximate surface area is 98.7 Å². The first-order valence-corrected chi connectivity index (χ1v) is 6.19. The Balaban J connectivity index is 2.45. The van der Waals surface area contributed by atoms with Gasteiger partial charge in [0.05, 0.1) is 6.10 Å². The lowest BCUT2D eigenvalue weighted by Gasteiger charge is -2.37. The van der Waals surface area contributed by atoms with Crippen molar-refractivity contribution in [1.29, 1.82) is 0 Å². The molecule has 3 heteroatoms. The zero-order valence-electron chi connectivity index (χ0n) is 11.0. The number of carbonyl (C=O) groups is 1. The maximum Gasteiger partial charge on any atom is 0.140 e. The molecule has 1 atom stereocenters. The summed E-state index contributed by atoms with van der Waals surface area (Å²) in [5.74, 6) is 0.246. The highest BCUT2D eigenvalue weighted by molar-refractivity contribution is 5.85. The molecule has 3 nitrogen and oxygen atoms in total. The van der Waals surface area contributed by atoms with Crippen molar-refractivity contribution in [1.82, 2.24) is 0 Å². The normalized spacial score (nSPS) is 22.4. The molecule has 0 bridgehead atoms. The van der Waals surface area contributed by atoms with E-state index in [9.17, 15) is 4.79 Å². The molecule has 1 saturated heterocycles. The number of ketones is 1. The number of hydrogen-bond acceptors (Lipinski definition) is 3. The maximum absolute atomic E-state index is 12.1. The lowest BCUT2D eigenvalue weighted by molar-refractivity contribution is -0.130. The van der Waals surface area contributed by atoms with Crippen LogP contribution in [0.2, 0.25) is 0 Å². The summed E-state index contributed by atoms with van der Waals surface area (Å²) in [4.78, 5) is 12.1. The molecule has 1 unspecified atom stereocenters. The van der Waals surface area contributed by atoms with Crippen molar-refractivity contribution in [3.05, 3.63) is 0 Å². The van der Waals surface area contributed by atoms with Crippen molar-refractivity contribution in [2.24, 2.45) is 11.1 Å². The fraction of sp³-hybridized carbons (Fsp3) is 0.923. The molecule has 0 amide bonds. The van der Waals surface area contributed by atoms with Crippen molar-refractivity contribution >= 4 is 5.78 Å². The SMILES string of the molecule is CC(C)(N)C(C)(C)C(=O)CCC1CCCO1. The number of carbonyl (C=O) groups excluding carboxylic acids is 1. The third-order valence-corrected chi connectivity index (χ3v) is 4.03. The number of hydrogen-bond donors (Lipinski definition) is 1. The van der Waals surface area contributed by atoms with Gasteiger partial charge in [-0.05, 0) is 33.1 Å². The van der Waals surface area contributed by atoms with Gasteiger partial charge >= 0.3 is 0 Å². The Morgan fingerprint density at radius 1 is 1.38 bits per heavy atom. The van der Waals surface area contributed by atoms with E-state index in [0.29, 0.717) is 12.5 Å². The second-order valence-corrected chi connectivity index (χ2v) is 5.94. The van der Waals surface area contributed by atoms with Crippen LogP contribution in [0.3, 0.4) is 0 Å². The van der Waals surface area contributed by atoms with Gasteiger partial charge in [0.1, 0.15) is 5.78 Å². The third kappa shape index (κ3) is 3.05. The van der Waals surface area contributed by atoms with Crippen molar-refractivity contribution in [2.45, 2.75) is 65.0 Å². The van der Waals surface area contributed by atoms with Crippen molar-refractivity contribution < 1.29 is 9.53 Å². The van der Waals surface area contributed by atoms with E-state index in [1.807, 2.05) is 27.7 Å². The van der Waals surface area contributed by atoms with Crippen LogP contribution in [0.5, 0.6) is 0 Å². The average Bonchev–Trinajstić information content (AvgIpc) is 2.64. The van der Waals surface area contributed by atoms with Gasteiger partial charge in [0.15, 0.2) is 0 Å². The minimum Gasteiger partial charge on any atom is -0.378 e. The van der Waals surface area contributed by atoms with E-state index in [1.54, 1.807) is 0 Å². The second-order valence-electron chi connectivity index (χ2n) is 5.94. The van der Waals surface area contributed by atoms with Gasteiger partial charge in [0, 0.05) is 24.0 Å². The largest absolute Gasteiger partial charge is 0.378 e. The molecule has 1 rings (SSSR count). The molecule has 0 radical (unpaired) electrons. The Morgan fingerprint density at radius 3 is 2.44 bits per heavy atom. The van der Waals surface area contributed by atoms with Gasteiger partial charge in [-0.15, -0.1) is 0 Å². The van der Waals surface area contributed by atoms with Crippen LogP contribution < -0.4 is 5.73 Å². The maximum atomic E-state index is 12.1. The zero-order valence-corrected chi connectivity index (χ0v) is 11.0. The Bertz CT molecular complexity index is 247. The summed E-state index contributed by atoms with van der Waals surface area (Å²) in [5.41, 5.74) is 5.11. The predicted octanol–water partition coefficient (Wildman–Crippen LogP) is 2.28. The van der Waals surface area contributed by atoms with E-state index in [2.05, 4.69) is 0 Å². The first-order valence-electron chi connectivity index (χ1n) is 6.19. The average molecular weight is 227 g/mol. The van der Waals surface area contributed by atoms with E-state index in [-0.39, 0.29) is 5.78 Å². The smallest absolute Gasteiger partial charge is 0.140 e. The topological polar surface area (TPSA) is 52.3 Å². The Kier molecular flexibility index (Phi) is 4.13. The van der Waals surface area contributed by atoms with Crippen LogP contribution in [0.4, 0.5) is 0 Å². The summed E-state index contributed by atoms with van der Waals surface area (Å²) in [6, 6.07) is 0. The summed E-state index contributed by atoms with van der Waals surface area (Å²) >= 11 is 0. The van der Waals surface area contributed by atoms with Crippen molar-refractivity contribution in [2.75, 3.05) is 6.61 Å². The molecular weight excluding hydrogens is 202 g/mol. The van der Waals surface area contributed by atoms with E-state index in [1.165, 1.54) is 0 Å². The van der Waals surface area contributed by atoms with Crippen molar-refractivity contribution in [3.63, 3.8) is 0 Å². The fourth-order valence-electron chi connectivity index (χ4n) is 1.84. The standard InChI is InChI=1S/C13H25NO2/c1-12(2,13(3,4)14)11(15)8-7-10-6-5-9-16-10/h10H,5-9,14H2,1-4H3. The zero-order chi connectivity index (χ0) is 12.4. The molecule has 94 valence electrons. The van der Waals surface area contributed by atoms with Gasteiger partial charge in [0.25, 0.3) is 0 Å². The molecule has 16 heavy (non-hydrogen) atoms. The number of nitrogens with two attached hydrogens (primary N) is 1. The van der Waals surface area contributed by atoms with Crippen LogP contribution in [0, 0.1) is 5.41 Å². The Hall–Kier alpha value is -0.410. The molecule has 0 saturated carbocycles. The molecule has 1 heterocycles. The van der Waals surface area contributed by atoms with E-state index < -0.39 is 11.0 Å². The molecule has 1 aliphatic rings. The highest BCUT2D eigenvalue weighted by Crippen LogP contribution is 2.31. The van der Waals surface area contributed by atoms with E-state index in [0.717, 1.165) is 25.9 Å². The highest BCUT2D eigenvalue weighted by Gasteiger charge is 2.39. The van der Waals surface area contributed by atoms with Gasteiger partial charge in [-0.1, -0.05) is 13.8 Å². The van der Waals surface area contributed by atoms with E-state index >= 15 is 0 Å². The summed E-state index contributed by atoms with van der Waals surface area (Å²) in [7, 11) is 0. The molecule has 1 fully saturated rings. The summed E-state index contributed by atoms with van der Waals surface area (Å²) in [5, 5.41) is 0. The molecule has 0 aromatic heterocycles. The number of ether oxygens (including phenoxy) is 1. The molecule has 2 N–H and O–H groups in total. The van der Waals surface area contributed by atoms with Gasteiger partial charge in [-0.3, -0.25) is 4.79 Å². The quantitative estimate of drug-likeness (QED) is 0.784. The van der Waals surface area contributed by atoms with Crippen LogP contribution in [-0.4, -0.2) is 24.0 Å². The minimum absolute atomic E-state index is 0.246. The van der Waals surface area contributed by atoms with Gasteiger partial charge in [-0.2, -0.15) is 0 Å². The van der Waals surface area contributed by atoms with Crippen LogP contribution in [0.25, 0.3) is 0 Å². The summed E-state index contributed by atoms with van der Waals surface area (Å²) in [6.45, 7) is 8.55. The van der Waals surface area contributed by atoms with Crippen LogP contribution in [0.1, 0.15) is 53.4 Å². The highest BCUT2D eigenvalue weighted by atomic mass is 16.5. The second kappa shape index (κ2) is 4.84. The molecular formula is C13H25NO2. The monoisotopic (exact) mass is 227 g/mol. The third-order valence-electron chi connectivity index (χ3n) is 4.03. The molecule has 0 aromatic rings. The molecule has 0 aromatic carbocycles. The molecule has 1 aliphatic heterocycles. The first kappa shape index (κ1) is 13.7. The number of Topliss-reactive ketones (excluding diaryl/α,β-unsaturated/α-hetero) is 1. The summed E-state index contributed by atoms with van der Waals surface area (Å²) < 4.78 is 5.52. The number of rotatable bonds is 5. The first-order chi connectivity index (χ1) is 7.25. The fourth-order valence-corrected chi connectivity index (χ4v) is 1.84. The van der Waals surface area contributed by atoms with Crippen LogP contribution in [0.15, 0.2) is 0 Å². The minimum atomic E-state index is -0.472. The molecule has 0 aliphatic carbocycles. The lowest BCUT2D eigenvalue weighted by atomic mass is 9.71. The van der Waals surface area contributed by atoms with E-state index in [4.69, 9.17) is 10.5 Å². The van der Waals surface area contributed by atoms with Gasteiger partial charge < -0.3 is 10.5 Å². The van der Waals surface area contributed by atoms with Crippen LogP contribution >= 0.6 is 0 Å². The van der Waals surface area contributed by atoms with Crippen LogP contribution in [-0.2, 0) is 9.53 Å². The summed E-state index contributed by atoms with van der Waals surface area (Å²) in [6.07, 6.45) is 3.95.